The van der Waals surface area contributed by atoms with E-state index in [0.29, 0.717) is 0 Å². The van der Waals surface area contributed by atoms with Crippen LogP contribution >= 0.6 is 11.8 Å². The second-order valence-electron chi connectivity index (χ2n) is 4.98. The molecule has 1 aromatic carbocycles. The molecule has 0 aliphatic carbocycles. The van der Waals surface area contributed by atoms with Gasteiger partial charge in [0.25, 0.3) is 0 Å². The molecule has 2 rings (SSSR count). The fourth-order valence-electron chi connectivity index (χ4n) is 2.48. The Labute approximate surface area is 114 Å². The minimum atomic E-state index is -0.137. The fraction of sp³-hybridized carbons (Fsp3) is 0.600. The van der Waals surface area contributed by atoms with E-state index >= 15 is 0 Å². The summed E-state index contributed by atoms with van der Waals surface area (Å²) in [6.45, 7) is 3.22. The third kappa shape index (κ3) is 3.99. The van der Waals surface area contributed by atoms with E-state index in [-0.39, 0.29) is 11.9 Å². The van der Waals surface area contributed by atoms with E-state index in [9.17, 15) is 4.39 Å². The maximum Gasteiger partial charge on any atom is 0.123 e. The summed E-state index contributed by atoms with van der Waals surface area (Å²) in [5, 5.41) is 3.61. The molecular formula is C15H22FNS. The first-order valence-corrected chi connectivity index (χ1v) is 8.01. The van der Waals surface area contributed by atoms with Gasteiger partial charge in [-0.2, -0.15) is 11.8 Å². The molecule has 1 saturated heterocycles. The third-order valence-electron chi connectivity index (χ3n) is 3.65. The van der Waals surface area contributed by atoms with Crippen LogP contribution in [0.2, 0.25) is 0 Å². The molecule has 1 aliphatic heterocycles. The lowest BCUT2D eigenvalue weighted by molar-refractivity contribution is 0.404. The molecule has 3 heteroatoms. The van der Waals surface area contributed by atoms with Gasteiger partial charge in [-0.1, -0.05) is 19.1 Å². The standard InChI is InChI=1S/C15H22FNS/c1-2-15(13-4-3-5-14(16)10-13)17-11-12-6-8-18-9-7-12/h3-5,10,12,15,17H,2,6-9,11H2,1H3. The highest BCUT2D eigenvalue weighted by atomic mass is 32.2. The first kappa shape index (κ1) is 13.9. The summed E-state index contributed by atoms with van der Waals surface area (Å²) in [4.78, 5) is 0. The number of thioether (sulfide) groups is 1. The second kappa shape index (κ2) is 7.15. The van der Waals surface area contributed by atoms with E-state index in [1.54, 1.807) is 12.1 Å². The molecule has 1 aromatic rings. The Hall–Kier alpha value is -0.540. The molecule has 0 amide bonds. The predicted octanol–water partition coefficient (Wildman–Crippen LogP) is 4.01. The lowest BCUT2D eigenvalue weighted by atomic mass is 10.00. The van der Waals surface area contributed by atoms with Gasteiger partial charge in [0.15, 0.2) is 0 Å². The monoisotopic (exact) mass is 267 g/mol. The van der Waals surface area contributed by atoms with Crippen molar-refractivity contribution >= 4 is 11.8 Å². The molecule has 1 N–H and O–H groups in total. The molecule has 0 saturated carbocycles. The van der Waals surface area contributed by atoms with E-state index in [4.69, 9.17) is 0 Å². The van der Waals surface area contributed by atoms with Crippen LogP contribution in [-0.2, 0) is 0 Å². The van der Waals surface area contributed by atoms with Crippen LogP contribution in [-0.4, -0.2) is 18.1 Å². The summed E-state index contributed by atoms with van der Waals surface area (Å²) in [7, 11) is 0. The van der Waals surface area contributed by atoms with Gasteiger partial charge in [-0.3, -0.25) is 0 Å². The molecule has 1 heterocycles. The predicted molar refractivity (Wildman–Crippen MR) is 77.5 cm³/mol. The summed E-state index contributed by atoms with van der Waals surface area (Å²) in [6.07, 6.45) is 3.64. The van der Waals surface area contributed by atoms with Crippen molar-refractivity contribution in [2.24, 2.45) is 5.92 Å². The van der Waals surface area contributed by atoms with E-state index in [1.165, 1.54) is 30.4 Å². The molecule has 0 radical (unpaired) electrons. The molecule has 0 bridgehead atoms. The molecule has 100 valence electrons. The van der Waals surface area contributed by atoms with Crippen molar-refractivity contribution in [2.45, 2.75) is 32.2 Å². The van der Waals surface area contributed by atoms with Crippen molar-refractivity contribution < 1.29 is 4.39 Å². The quantitative estimate of drug-likeness (QED) is 0.865. The Morgan fingerprint density at radius 2 is 2.17 bits per heavy atom. The maximum absolute atomic E-state index is 13.2. The minimum absolute atomic E-state index is 0.137. The van der Waals surface area contributed by atoms with Crippen molar-refractivity contribution in [3.05, 3.63) is 35.6 Å². The van der Waals surface area contributed by atoms with E-state index in [0.717, 1.165) is 24.4 Å². The summed E-state index contributed by atoms with van der Waals surface area (Å²) >= 11 is 2.06. The van der Waals surface area contributed by atoms with Gasteiger partial charge in [-0.25, -0.2) is 4.39 Å². The van der Waals surface area contributed by atoms with Crippen LogP contribution in [0.1, 0.15) is 37.8 Å². The van der Waals surface area contributed by atoms with Crippen molar-refractivity contribution in [1.82, 2.24) is 5.32 Å². The molecule has 0 spiro atoms. The van der Waals surface area contributed by atoms with Crippen molar-refractivity contribution in [2.75, 3.05) is 18.1 Å². The lowest BCUT2D eigenvalue weighted by Gasteiger charge is -2.25. The largest absolute Gasteiger partial charge is 0.310 e. The summed E-state index contributed by atoms with van der Waals surface area (Å²) in [5.41, 5.74) is 1.07. The first-order chi connectivity index (χ1) is 8.79. The Morgan fingerprint density at radius 3 is 2.83 bits per heavy atom. The first-order valence-electron chi connectivity index (χ1n) is 6.86. The Balaban J connectivity index is 1.88. The highest BCUT2D eigenvalue weighted by Crippen LogP contribution is 2.24. The lowest BCUT2D eigenvalue weighted by Crippen LogP contribution is -2.29. The van der Waals surface area contributed by atoms with Crippen molar-refractivity contribution in [3.8, 4) is 0 Å². The van der Waals surface area contributed by atoms with E-state index in [2.05, 4.69) is 24.0 Å². The molecule has 1 fully saturated rings. The maximum atomic E-state index is 13.2. The zero-order valence-corrected chi connectivity index (χ0v) is 11.8. The van der Waals surface area contributed by atoms with Crippen LogP contribution < -0.4 is 5.32 Å². The molecule has 1 unspecified atom stereocenters. The van der Waals surface area contributed by atoms with Crippen molar-refractivity contribution in [1.29, 1.82) is 0 Å². The minimum Gasteiger partial charge on any atom is -0.310 e. The molecule has 1 atom stereocenters. The van der Waals surface area contributed by atoms with Gasteiger partial charge in [0.2, 0.25) is 0 Å². The Bertz CT molecular complexity index is 363. The number of benzene rings is 1. The number of hydrogen-bond donors (Lipinski definition) is 1. The van der Waals surface area contributed by atoms with Gasteiger partial charge in [0.05, 0.1) is 0 Å². The fourth-order valence-corrected chi connectivity index (χ4v) is 3.68. The average molecular weight is 267 g/mol. The third-order valence-corrected chi connectivity index (χ3v) is 4.70. The van der Waals surface area contributed by atoms with Gasteiger partial charge in [0.1, 0.15) is 5.82 Å². The molecule has 18 heavy (non-hydrogen) atoms. The van der Waals surface area contributed by atoms with Gasteiger partial charge < -0.3 is 5.32 Å². The highest BCUT2D eigenvalue weighted by Gasteiger charge is 2.16. The van der Waals surface area contributed by atoms with Crippen LogP contribution in [0.3, 0.4) is 0 Å². The SMILES string of the molecule is CCC(NCC1CCSCC1)c1cccc(F)c1. The zero-order chi connectivity index (χ0) is 12.8. The van der Waals surface area contributed by atoms with Crippen LogP contribution in [0.25, 0.3) is 0 Å². The summed E-state index contributed by atoms with van der Waals surface area (Å²) in [5.74, 6) is 3.25. The van der Waals surface area contributed by atoms with E-state index < -0.39 is 0 Å². The smallest absolute Gasteiger partial charge is 0.123 e. The van der Waals surface area contributed by atoms with Crippen LogP contribution in [0.5, 0.6) is 0 Å². The van der Waals surface area contributed by atoms with Gasteiger partial charge in [-0.05, 0) is 60.9 Å². The zero-order valence-electron chi connectivity index (χ0n) is 11.0. The topological polar surface area (TPSA) is 12.0 Å². The van der Waals surface area contributed by atoms with Gasteiger partial charge in [-0.15, -0.1) is 0 Å². The van der Waals surface area contributed by atoms with Gasteiger partial charge in [0, 0.05) is 6.04 Å². The van der Waals surface area contributed by atoms with Crippen LogP contribution in [0.4, 0.5) is 4.39 Å². The molecule has 1 aliphatic rings. The number of rotatable bonds is 5. The molecule has 0 aromatic heterocycles. The highest BCUT2D eigenvalue weighted by molar-refractivity contribution is 7.99. The average Bonchev–Trinajstić information content (AvgIpc) is 2.41. The Kier molecular flexibility index (Phi) is 5.51. The van der Waals surface area contributed by atoms with Crippen LogP contribution in [0.15, 0.2) is 24.3 Å². The normalized spacial score (nSPS) is 18.8. The number of nitrogens with one attached hydrogen (secondary N) is 1. The second-order valence-corrected chi connectivity index (χ2v) is 6.20. The van der Waals surface area contributed by atoms with E-state index in [1.807, 2.05) is 6.07 Å². The molecule has 1 nitrogen and oxygen atoms in total. The van der Waals surface area contributed by atoms with Gasteiger partial charge >= 0.3 is 0 Å². The summed E-state index contributed by atoms with van der Waals surface area (Å²) < 4.78 is 13.2. The van der Waals surface area contributed by atoms with Crippen LogP contribution in [0, 0.1) is 11.7 Å². The number of halogens is 1. The Morgan fingerprint density at radius 1 is 1.39 bits per heavy atom. The molecular weight excluding hydrogens is 245 g/mol. The summed E-state index contributed by atoms with van der Waals surface area (Å²) in [6, 6.07) is 7.26. The van der Waals surface area contributed by atoms with Crippen molar-refractivity contribution in [3.63, 3.8) is 0 Å². The number of hydrogen-bond acceptors (Lipinski definition) is 2.